The third-order valence-electron chi connectivity index (χ3n) is 11.3. The smallest absolute Gasteiger partial charge is 0.0702 e. The van der Waals surface area contributed by atoms with Gasteiger partial charge in [-0.05, 0) is 129 Å². The maximum absolute atomic E-state index is 4.82. The second-order valence-electron chi connectivity index (χ2n) is 15.5. The molecule has 9 heterocycles. The van der Waals surface area contributed by atoms with Gasteiger partial charge in [0.15, 0.2) is 0 Å². The van der Waals surface area contributed by atoms with Crippen LogP contribution >= 0.6 is 0 Å². The Balaban J connectivity index is 0.930. The molecule has 6 aromatic rings. The van der Waals surface area contributed by atoms with E-state index in [9.17, 15) is 0 Å². The predicted molar refractivity (Wildman–Crippen MR) is 227 cm³/mol. The quantitative estimate of drug-likeness (QED) is 0.157. The van der Waals surface area contributed by atoms with Crippen LogP contribution in [-0.4, -0.2) is 15.0 Å². The summed E-state index contributed by atoms with van der Waals surface area (Å²) in [6.07, 6.45) is 27.9. The van der Waals surface area contributed by atoms with Crippen molar-refractivity contribution in [2.45, 2.75) is 116 Å². The first-order valence-corrected chi connectivity index (χ1v) is 20.9. The number of aryl methyl sites for hydroxylation is 6. The number of fused-ring (bicyclic) bond motifs is 2. The maximum atomic E-state index is 4.82. The summed E-state index contributed by atoms with van der Waals surface area (Å²) in [5, 5.41) is 0. The van der Waals surface area contributed by atoms with Crippen LogP contribution in [0.4, 0.5) is 0 Å². The highest BCUT2D eigenvalue weighted by Gasteiger charge is 2.06. The van der Waals surface area contributed by atoms with E-state index >= 15 is 0 Å². The third-order valence-corrected chi connectivity index (χ3v) is 11.3. The standard InChI is InChI=1S/C51H57N3/c1-4-10-16-43-25-34-49(52-37-43)47-30-21-41(22-31-47)14-8-3-6-12-18-45-27-36-51(54-39-45)48-32-23-42(24-33-48)15-9-2-5-11-17-44-26-35-50(53-38-44)46-28-19-40(13-7-1)20-29-46/h19-39H,1-18H2. The van der Waals surface area contributed by atoms with Gasteiger partial charge in [-0.15, -0.1) is 0 Å². The Morgan fingerprint density at radius 3 is 0.667 bits per heavy atom. The first-order valence-electron chi connectivity index (χ1n) is 20.9. The maximum Gasteiger partial charge on any atom is 0.0702 e. The molecule has 3 aromatic carbocycles. The molecule has 0 radical (unpaired) electrons. The normalized spacial score (nSPS) is 15.6. The van der Waals surface area contributed by atoms with Crippen LogP contribution in [0.2, 0.25) is 0 Å². The Labute approximate surface area is 324 Å². The Hall–Kier alpha value is -4.89. The summed E-state index contributed by atoms with van der Waals surface area (Å²) in [6.45, 7) is 0. The summed E-state index contributed by atoms with van der Waals surface area (Å²) in [5.74, 6) is 0. The van der Waals surface area contributed by atoms with Gasteiger partial charge in [-0.3, -0.25) is 15.0 Å². The van der Waals surface area contributed by atoms with Gasteiger partial charge in [0.25, 0.3) is 0 Å². The van der Waals surface area contributed by atoms with Crippen LogP contribution in [0, 0.1) is 0 Å². The van der Waals surface area contributed by atoms with E-state index in [1.807, 2.05) is 0 Å². The molecule has 0 amide bonds. The molecule has 12 bridgehead atoms. The summed E-state index contributed by atoms with van der Waals surface area (Å²) in [6, 6.07) is 40.6. The van der Waals surface area contributed by atoms with Crippen molar-refractivity contribution < 1.29 is 0 Å². The number of nitrogens with zero attached hydrogens (tertiary/aromatic N) is 3. The van der Waals surface area contributed by atoms with Gasteiger partial charge >= 0.3 is 0 Å². The minimum Gasteiger partial charge on any atom is -0.256 e. The van der Waals surface area contributed by atoms with Gasteiger partial charge in [0.2, 0.25) is 0 Å². The molecule has 0 saturated heterocycles. The van der Waals surface area contributed by atoms with Gasteiger partial charge < -0.3 is 0 Å². The first kappa shape index (κ1) is 37.4. The van der Waals surface area contributed by atoms with E-state index in [1.165, 1.54) is 127 Å². The lowest BCUT2D eigenvalue weighted by molar-refractivity contribution is 0.640. The highest BCUT2D eigenvalue weighted by Crippen LogP contribution is 2.23. The van der Waals surface area contributed by atoms with Gasteiger partial charge in [-0.1, -0.05) is 130 Å². The Kier molecular flexibility index (Phi) is 13.8. The third kappa shape index (κ3) is 11.3. The monoisotopic (exact) mass is 711 g/mol. The van der Waals surface area contributed by atoms with Crippen LogP contribution in [0.15, 0.2) is 128 Å². The van der Waals surface area contributed by atoms with Crippen LogP contribution in [0.3, 0.4) is 0 Å². The van der Waals surface area contributed by atoms with Crippen molar-refractivity contribution in [1.29, 1.82) is 0 Å². The highest BCUT2D eigenvalue weighted by atomic mass is 14.7. The highest BCUT2D eigenvalue weighted by molar-refractivity contribution is 5.61. The molecule has 0 atom stereocenters. The average molecular weight is 712 g/mol. The lowest BCUT2D eigenvalue weighted by Crippen LogP contribution is -1.93. The number of hydrogen-bond donors (Lipinski definition) is 0. The topological polar surface area (TPSA) is 38.7 Å². The van der Waals surface area contributed by atoms with Crippen LogP contribution in [-0.2, 0) is 38.5 Å². The van der Waals surface area contributed by atoms with Crippen LogP contribution in [0.25, 0.3) is 33.8 Å². The minimum absolute atomic E-state index is 1.07. The molecule has 10 aliphatic rings. The summed E-state index contributed by atoms with van der Waals surface area (Å²) in [4.78, 5) is 14.5. The largest absolute Gasteiger partial charge is 0.256 e. The molecular formula is C51H57N3. The lowest BCUT2D eigenvalue weighted by Gasteiger charge is -2.08. The first-order chi connectivity index (χ1) is 26.7. The summed E-state index contributed by atoms with van der Waals surface area (Å²) < 4.78 is 0. The number of aromatic nitrogens is 3. The van der Waals surface area contributed by atoms with Crippen molar-refractivity contribution in [2.24, 2.45) is 0 Å². The zero-order chi connectivity index (χ0) is 36.6. The molecule has 4 aliphatic carbocycles. The minimum atomic E-state index is 1.07. The van der Waals surface area contributed by atoms with E-state index in [2.05, 4.69) is 128 Å². The Bertz CT molecular complexity index is 1580. The molecule has 16 rings (SSSR count). The van der Waals surface area contributed by atoms with Crippen molar-refractivity contribution >= 4 is 0 Å². The number of rotatable bonds is 0. The molecule has 3 aromatic heterocycles. The van der Waals surface area contributed by atoms with E-state index in [0.29, 0.717) is 0 Å². The van der Waals surface area contributed by atoms with Crippen molar-refractivity contribution in [2.75, 3.05) is 0 Å². The summed E-state index contributed by atoms with van der Waals surface area (Å²) in [5.41, 5.74) is 15.1. The fourth-order valence-corrected chi connectivity index (χ4v) is 7.79. The molecular weight excluding hydrogens is 655 g/mol. The van der Waals surface area contributed by atoms with Crippen molar-refractivity contribution in [3.63, 3.8) is 0 Å². The SMILES string of the molecule is c1cc2ccc1CCCCCCc1ccc(nc1)-c1ccc(cc1)CCCCCCc1ccc(nc1)-c1ccc(cc1)CCCCCCc1ccc-2nc1. The number of pyridine rings is 3. The molecule has 6 aliphatic heterocycles. The second-order valence-corrected chi connectivity index (χ2v) is 15.5. The molecule has 0 unspecified atom stereocenters. The van der Waals surface area contributed by atoms with E-state index in [4.69, 9.17) is 15.0 Å². The fraction of sp³-hybridized carbons (Fsp3) is 0.353. The van der Waals surface area contributed by atoms with Gasteiger partial charge in [0.1, 0.15) is 0 Å². The van der Waals surface area contributed by atoms with Crippen LogP contribution in [0.5, 0.6) is 0 Å². The van der Waals surface area contributed by atoms with E-state index < -0.39 is 0 Å². The van der Waals surface area contributed by atoms with Gasteiger partial charge in [0, 0.05) is 35.3 Å². The van der Waals surface area contributed by atoms with Gasteiger partial charge in [-0.25, -0.2) is 0 Å². The Morgan fingerprint density at radius 2 is 0.444 bits per heavy atom. The summed E-state index contributed by atoms with van der Waals surface area (Å²) in [7, 11) is 0. The van der Waals surface area contributed by atoms with Crippen molar-refractivity contribution in [3.8, 4) is 33.8 Å². The van der Waals surface area contributed by atoms with E-state index in [0.717, 1.165) is 55.6 Å². The molecule has 276 valence electrons. The Morgan fingerprint density at radius 1 is 0.222 bits per heavy atom. The lowest BCUT2D eigenvalue weighted by atomic mass is 10.0. The average Bonchev–Trinajstić information content (AvgIpc) is 3.23. The molecule has 0 N–H and O–H groups in total. The molecule has 3 heteroatoms. The molecule has 54 heavy (non-hydrogen) atoms. The summed E-state index contributed by atoms with van der Waals surface area (Å²) >= 11 is 0. The van der Waals surface area contributed by atoms with E-state index in [1.54, 1.807) is 0 Å². The predicted octanol–water partition coefficient (Wildman–Crippen LogP) is 13.2. The molecule has 0 spiro atoms. The number of benzene rings is 3. The number of hydrogen-bond acceptors (Lipinski definition) is 3. The zero-order valence-electron chi connectivity index (χ0n) is 32.2. The van der Waals surface area contributed by atoms with Gasteiger partial charge in [-0.2, -0.15) is 0 Å². The molecule has 3 nitrogen and oxygen atoms in total. The van der Waals surface area contributed by atoms with Crippen molar-refractivity contribution in [3.05, 3.63) is 161 Å². The van der Waals surface area contributed by atoms with E-state index in [-0.39, 0.29) is 0 Å². The molecule has 0 fully saturated rings. The molecule has 0 saturated carbocycles. The van der Waals surface area contributed by atoms with Crippen LogP contribution in [0.1, 0.15) is 110 Å². The second kappa shape index (κ2) is 20.0. The van der Waals surface area contributed by atoms with Crippen molar-refractivity contribution in [1.82, 2.24) is 15.0 Å². The zero-order valence-corrected chi connectivity index (χ0v) is 32.2. The fourth-order valence-electron chi connectivity index (χ4n) is 7.79. The van der Waals surface area contributed by atoms with Crippen LogP contribution < -0.4 is 0 Å². The van der Waals surface area contributed by atoms with Gasteiger partial charge in [0.05, 0.1) is 17.1 Å².